The maximum Gasteiger partial charge on any atom is 0.287 e. The molecule has 0 spiro atoms. The lowest BCUT2D eigenvalue weighted by molar-refractivity contribution is -0.0256. The summed E-state index contributed by atoms with van der Waals surface area (Å²) < 4.78 is 27.1. The van der Waals surface area contributed by atoms with Crippen molar-refractivity contribution in [2.45, 2.75) is 45.1 Å². The molecule has 1 nitrogen and oxygen atoms in total. The van der Waals surface area contributed by atoms with Crippen molar-refractivity contribution in [3.8, 4) is 0 Å². The van der Waals surface area contributed by atoms with E-state index < -0.39 is 12.0 Å². The fourth-order valence-corrected chi connectivity index (χ4v) is 1.53. The van der Waals surface area contributed by atoms with Crippen LogP contribution in [0.5, 0.6) is 0 Å². The van der Waals surface area contributed by atoms with Crippen molar-refractivity contribution in [1.29, 1.82) is 0 Å². The smallest absolute Gasteiger partial charge is 0.287 e. The van der Waals surface area contributed by atoms with E-state index in [0.29, 0.717) is 5.92 Å². The van der Waals surface area contributed by atoms with Crippen molar-refractivity contribution in [1.82, 2.24) is 0 Å². The molecule has 16 heavy (non-hydrogen) atoms. The van der Waals surface area contributed by atoms with Crippen LogP contribution in [0, 0.1) is 0 Å². The molecule has 1 aromatic carbocycles. The van der Waals surface area contributed by atoms with E-state index >= 15 is 0 Å². The van der Waals surface area contributed by atoms with E-state index in [9.17, 15) is 8.78 Å². The van der Waals surface area contributed by atoms with Crippen LogP contribution in [0.25, 0.3) is 0 Å². The fourth-order valence-electron chi connectivity index (χ4n) is 1.53. The summed E-state index contributed by atoms with van der Waals surface area (Å²) in [6.45, 7) is 5.48. The first kappa shape index (κ1) is 13.1. The van der Waals surface area contributed by atoms with E-state index in [2.05, 4.69) is 13.8 Å². The Hall–Kier alpha value is -0.960. The second-order valence-electron chi connectivity index (χ2n) is 4.34. The quantitative estimate of drug-likeness (QED) is 0.835. The predicted octanol–water partition coefficient (Wildman–Crippen LogP) is 3.64. The van der Waals surface area contributed by atoms with E-state index in [4.69, 9.17) is 5.73 Å². The molecular formula is C13H19F2N. The number of alkyl halides is 2. The van der Waals surface area contributed by atoms with Crippen LogP contribution in [-0.2, 0) is 5.92 Å². The van der Waals surface area contributed by atoms with Gasteiger partial charge in [-0.3, -0.25) is 0 Å². The molecule has 0 radical (unpaired) electrons. The first-order chi connectivity index (χ1) is 7.39. The largest absolute Gasteiger partial charge is 0.323 e. The standard InChI is InChI=1S/C13H19F2N/c1-4-9(2)11-5-7-12(8-6-11)13(14,15)10(3)16/h5-10H,4,16H2,1-3H3. The van der Waals surface area contributed by atoms with Crippen LogP contribution in [0.1, 0.15) is 44.2 Å². The summed E-state index contributed by atoms with van der Waals surface area (Å²) in [5.74, 6) is -2.55. The second kappa shape index (κ2) is 4.91. The van der Waals surface area contributed by atoms with Crippen molar-refractivity contribution in [2.75, 3.05) is 0 Å². The highest BCUT2D eigenvalue weighted by Crippen LogP contribution is 2.31. The molecule has 0 saturated heterocycles. The van der Waals surface area contributed by atoms with Gasteiger partial charge in [0.15, 0.2) is 0 Å². The number of hydrogen-bond donors (Lipinski definition) is 1. The van der Waals surface area contributed by atoms with Gasteiger partial charge in [-0.2, -0.15) is 8.78 Å². The minimum atomic E-state index is -2.95. The Labute approximate surface area is 95.7 Å². The molecule has 0 heterocycles. The van der Waals surface area contributed by atoms with E-state index in [-0.39, 0.29) is 5.56 Å². The molecule has 0 aromatic heterocycles. The number of halogens is 2. The number of hydrogen-bond acceptors (Lipinski definition) is 1. The Kier molecular flexibility index (Phi) is 4.03. The van der Waals surface area contributed by atoms with E-state index in [1.165, 1.54) is 19.1 Å². The summed E-state index contributed by atoms with van der Waals surface area (Å²) in [6.07, 6.45) is 1.00. The molecule has 2 N–H and O–H groups in total. The third-order valence-corrected chi connectivity index (χ3v) is 3.05. The molecule has 2 atom stereocenters. The van der Waals surface area contributed by atoms with Crippen molar-refractivity contribution in [3.05, 3.63) is 35.4 Å². The average molecular weight is 227 g/mol. The zero-order valence-electron chi connectivity index (χ0n) is 10.0. The molecule has 0 aliphatic carbocycles. The molecule has 1 aromatic rings. The Morgan fingerprint density at radius 1 is 1.19 bits per heavy atom. The lowest BCUT2D eigenvalue weighted by Gasteiger charge is -2.21. The van der Waals surface area contributed by atoms with Crippen LogP contribution >= 0.6 is 0 Å². The normalized spacial score (nSPS) is 15.9. The average Bonchev–Trinajstić information content (AvgIpc) is 2.28. The number of benzene rings is 1. The lowest BCUT2D eigenvalue weighted by Crippen LogP contribution is -2.35. The molecule has 0 aliphatic heterocycles. The minimum absolute atomic E-state index is 0.00504. The number of nitrogens with two attached hydrogens (primary N) is 1. The van der Waals surface area contributed by atoms with Gasteiger partial charge in [-0.25, -0.2) is 0 Å². The van der Waals surface area contributed by atoms with Crippen LogP contribution < -0.4 is 5.73 Å². The van der Waals surface area contributed by atoms with Gasteiger partial charge >= 0.3 is 0 Å². The van der Waals surface area contributed by atoms with Gasteiger partial charge in [-0.15, -0.1) is 0 Å². The van der Waals surface area contributed by atoms with Gasteiger partial charge in [0.1, 0.15) is 0 Å². The summed E-state index contributed by atoms with van der Waals surface area (Å²) in [5, 5.41) is 0. The van der Waals surface area contributed by atoms with Gasteiger partial charge in [0.2, 0.25) is 0 Å². The highest BCUT2D eigenvalue weighted by Gasteiger charge is 2.35. The van der Waals surface area contributed by atoms with E-state index in [1.807, 2.05) is 0 Å². The van der Waals surface area contributed by atoms with Gasteiger partial charge in [0.05, 0.1) is 6.04 Å². The highest BCUT2D eigenvalue weighted by molar-refractivity contribution is 5.28. The first-order valence-corrected chi connectivity index (χ1v) is 5.63. The van der Waals surface area contributed by atoms with Gasteiger partial charge in [0, 0.05) is 5.56 Å². The molecular weight excluding hydrogens is 208 g/mol. The maximum atomic E-state index is 13.6. The van der Waals surface area contributed by atoms with Crippen LogP contribution in [0.15, 0.2) is 24.3 Å². The molecule has 0 aliphatic rings. The zero-order valence-corrected chi connectivity index (χ0v) is 10.0. The molecule has 0 saturated carbocycles. The summed E-state index contributed by atoms with van der Waals surface area (Å²) in [7, 11) is 0. The summed E-state index contributed by atoms with van der Waals surface area (Å²) in [5.41, 5.74) is 6.36. The summed E-state index contributed by atoms with van der Waals surface area (Å²) >= 11 is 0. The summed E-state index contributed by atoms with van der Waals surface area (Å²) in [6, 6.07) is 5.32. The third kappa shape index (κ3) is 2.59. The number of rotatable bonds is 4. The van der Waals surface area contributed by atoms with Gasteiger partial charge < -0.3 is 5.73 Å². The Balaban J connectivity index is 2.95. The zero-order chi connectivity index (χ0) is 12.3. The Morgan fingerprint density at radius 2 is 1.69 bits per heavy atom. The fraction of sp³-hybridized carbons (Fsp3) is 0.538. The first-order valence-electron chi connectivity index (χ1n) is 5.63. The SMILES string of the molecule is CCC(C)c1ccc(C(F)(F)C(C)N)cc1. The third-order valence-electron chi connectivity index (χ3n) is 3.05. The van der Waals surface area contributed by atoms with E-state index in [1.54, 1.807) is 12.1 Å². The topological polar surface area (TPSA) is 26.0 Å². The molecule has 90 valence electrons. The monoisotopic (exact) mass is 227 g/mol. The maximum absolute atomic E-state index is 13.6. The van der Waals surface area contributed by atoms with Crippen molar-refractivity contribution in [3.63, 3.8) is 0 Å². The van der Waals surface area contributed by atoms with Crippen LogP contribution in [0.4, 0.5) is 8.78 Å². The van der Waals surface area contributed by atoms with Crippen LogP contribution in [0.2, 0.25) is 0 Å². The summed E-state index contributed by atoms with van der Waals surface area (Å²) in [4.78, 5) is 0. The predicted molar refractivity (Wildman–Crippen MR) is 62.7 cm³/mol. The molecule has 0 bridgehead atoms. The molecule has 0 fully saturated rings. The second-order valence-corrected chi connectivity index (χ2v) is 4.34. The van der Waals surface area contributed by atoms with Crippen LogP contribution in [-0.4, -0.2) is 6.04 Å². The molecule has 0 amide bonds. The van der Waals surface area contributed by atoms with Crippen LogP contribution in [0.3, 0.4) is 0 Å². The van der Waals surface area contributed by atoms with Gasteiger partial charge in [0.25, 0.3) is 5.92 Å². The highest BCUT2D eigenvalue weighted by atomic mass is 19.3. The Bertz CT molecular complexity index is 330. The van der Waals surface area contributed by atoms with E-state index in [0.717, 1.165) is 12.0 Å². The lowest BCUT2D eigenvalue weighted by atomic mass is 9.95. The van der Waals surface area contributed by atoms with Crippen molar-refractivity contribution in [2.24, 2.45) is 5.73 Å². The van der Waals surface area contributed by atoms with Crippen molar-refractivity contribution >= 4 is 0 Å². The Morgan fingerprint density at radius 3 is 2.06 bits per heavy atom. The van der Waals surface area contributed by atoms with Gasteiger partial charge in [-0.1, -0.05) is 38.1 Å². The van der Waals surface area contributed by atoms with Crippen molar-refractivity contribution < 1.29 is 8.78 Å². The molecule has 3 heteroatoms. The molecule has 2 unspecified atom stereocenters. The minimum Gasteiger partial charge on any atom is -0.323 e. The molecule has 1 rings (SSSR count). The van der Waals surface area contributed by atoms with Gasteiger partial charge in [-0.05, 0) is 24.8 Å².